The number of hydrogen-bond acceptors (Lipinski definition) is 1. The first-order valence-electron chi connectivity index (χ1n) is 3.90. The minimum Gasteiger partial charge on any atom is -0.323 e. The van der Waals surface area contributed by atoms with Crippen molar-refractivity contribution in [2.45, 2.75) is 12.3 Å². The van der Waals surface area contributed by atoms with Crippen LogP contribution in [0.5, 0.6) is 0 Å². The molecule has 0 aliphatic heterocycles. The van der Waals surface area contributed by atoms with E-state index in [1.54, 1.807) is 0 Å². The Bertz CT molecular complexity index is 355. The molecule has 0 bridgehead atoms. The van der Waals surface area contributed by atoms with Gasteiger partial charge in [0.2, 0.25) is 5.91 Å². The summed E-state index contributed by atoms with van der Waals surface area (Å²) in [5.74, 6) is -0.827. The number of benzene rings is 1. The Morgan fingerprint density at radius 1 is 1.57 bits per heavy atom. The van der Waals surface area contributed by atoms with Crippen LogP contribution in [0.25, 0.3) is 0 Å². The van der Waals surface area contributed by atoms with E-state index < -0.39 is 11.2 Å². The molecule has 0 aliphatic carbocycles. The number of nitrogens with one attached hydrogen (secondary N) is 1. The van der Waals surface area contributed by atoms with Crippen LogP contribution in [0.15, 0.2) is 18.2 Å². The lowest BCUT2D eigenvalue weighted by Gasteiger charge is -2.07. The van der Waals surface area contributed by atoms with E-state index in [-0.39, 0.29) is 10.9 Å². The monoisotopic (exact) mass is 235 g/mol. The quantitative estimate of drug-likeness (QED) is 0.785. The highest BCUT2D eigenvalue weighted by Gasteiger charge is 2.11. The van der Waals surface area contributed by atoms with E-state index in [0.29, 0.717) is 5.69 Å². The van der Waals surface area contributed by atoms with Gasteiger partial charge >= 0.3 is 0 Å². The minimum atomic E-state index is -0.656. The Kier molecular flexibility index (Phi) is 3.72. The Balaban J connectivity index is 2.82. The summed E-state index contributed by atoms with van der Waals surface area (Å²) < 4.78 is 12.6. The van der Waals surface area contributed by atoms with Gasteiger partial charge in [-0.15, -0.1) is 11.6 Å². The smallest absolute Gasteiger partial charge is 0.242 e. The normalized spacial score (nSPS) is 12.3. The molecule has 0 aromatic heterocycles. The van der Waals surface area contributed by atoms with E-state index in [9.17, 15) is 9.18 Å². The van der Waals surface area contributed by atoms with Crippen molar-refractivity contribution in [3.8, 4) is 0 Å². The summed E-state index contributed by atoms with van der Waals surface area (Å²) in [5.41, 5.74) is 0.352. The van der Waals surface area contributed by atoms with Gasteiger partial charge in [0.15, 0.2) is 0 Å². The second-order valence-corrected chi connectivity index (χ2v) is 3.79. The standard InChI is InChI=1S/C9H8Cl2FNO/c1-5(10)9(14)13-8-3-2-6(12)4-7(8)11/h2-5H,1H3,(H,13,14). The van der Waals surface area contributed by atoms with Crippen LogP contribution in [0.3, 0.4) is 0 Å². The summed E-state index contributed by atoms with van der Waals surface area (Å²) in [4.78, 5) is 11.2. The van der Waals surface area contributed by atoms with Crippen LogP contribution < -0.4 is 5.32 Å². The van der Waals surface area contributed by atoms with Gasteiger partial charge < -0.3 is 5.32 Å². The first kappa shape index (κ1) is 11.3. The summed E-state index contributed by atoms with van der Waals surface area (Å²) in [5, 5.41) is 1.96. The zero-order valence-electron chi connectivity index (χ0n) is 7.35. The van der Waals surface area contributed by atoms with Crippen LogP contribution in [-0.4, -0.2) is 11.3 Å². The van der Waals surface area contributed by atoms with Crippen molar-refractivity contribution in [2.75, 3.05) is 5.32 Å². The maximum absolute atomic E-state index is 12.6. The number of hydrogen-bond donors (Lipinski definition) is 1. The van der Waals surface area contributed by atoms with Crippen molar-refractivity contribution in [3.05, 3.63) is 29.0 Å². The molecule has 0 radical (unpaired) electrons. The molecule has 1 rings (SSSR count). The average Bonchev–Trinajstić information content (AvgIpc) is 2.09. The highest BCUT2D eigenvalue weighted by atomic mass is 35.5. The molecule has 14 heavy (non-hydrogen) atoms. The molecule has 1 aromatic carbocycles. The molecule has 0 saturated carbocycles. The third-order valence-electron chi connectivity index (χ3n) is 1.55. The molecule has 1 unspecified atom stereocenters. The number of carbonyl (C=O) groups excluding carboxylic acids is 1. The third kappa shape index (κ3) is 2.86. The zero-order chi connectivity index (χ0) is 10.7. The highest BCUT2D eigenvalue weighted by molar-refractivity contribution is 6.35. The van der Waals surface area contributed by atoms with E-state index >= 15 is 0 Å². The van der Waals surface area contributed by atoms with Gasteiger partial charge in [0.25, 0.3) is 0 Å². The number of anilines is 1. The molecule has 0 fully saturated rings. The van der Waals surface area contributed by atoms with Crippen molar-refractivity contribution in [2.24, 2.45) is 0 Å². The summed E-state index contributed by atoms with van der Waals surface area (Å²) >= 11 is 11.2. The Morgan fingerprint density at radius 2 is 2.21 bits per heavy atom. The number of carbonyl (C=O) groups is 1. The van der Waals surface area contributed by atoms with Gasteiger partial charge in [-0.2, -0.15) is 0 Å². The molecular weight excluding hydrogens is 228 g/mol. The second-order valence-electron chi connectivity index (χ2n) is 2.73. The minimum absolute atomic E-state index is 0.149. The van der Waals surface area contributed by atoms with Crippen LogP contribution in [-0.2, 0) is 4.79 Å². The maximum Gasteiger partial charge on any atom is 0.242 e. The molecule has 0 aliphatic rings. The first-order chi connectivity index (χ1) is 6.50. The van der Waals surface area contributed by atoms with Crippen molar-refractivity contribution < 1.29 is 9.18 Å². The van der Waals surface area contributed by atoms with Gasteiger partial charge in [0, 0.05) is 0 Å². The van der Waals surface area contributed by atoms with Gasteiger partial charge in [0.05, 0.1) is 10.7 Å². The first-order valence-corrected chi connectivity index (χ1v) is 4.72. The number of halogens is 3. The Labute approximate surface area is 91.0 Å². The lowest BCUT2D eigenvalue weighted by molar-refractivity contribution is -0.115. The lowest BCUT2D eigenvalue weighted by atomic mass is 10.3. The molecule has 2 nitrogen and oxygen atoms in total. The summed E-state index contributed by atoms with van der Waals surface area (Å²) in [6, 6.07) is 3.71. The molecule has 1 atom stereocenters. The van der Waals surface area contributed by atoms with Crippen LogP contribution in [0, 0.1) is 5.82 Å². The molecule has 0 spiro atoms. The van der Waals surface area contributed by atoms with Crippen molar-refractivity contribution >= 4 is 34.8 Å². The summed E-state index contributed by atoms with van der Waals surface area (Å²) in [6.45, 7) is 1.54. The van der Waals surface area contributed by atoms with Crippen molar-refractivity contribution in [3.63, 3.8) is 0 Å². The summed E-state index contributed by atoms with van der Waals surface area (Å²) in [7, 11) is 0. The molecule has 76 valence electrons. The van der Waals surface area contributed by atoms with E-state index in [2.05, 4.69) is 5.32 Å². The number of amides is 1. The van der Waals surface area contributed by atoms with Gasteiger partial charge in [-0.05, 0) is 25.1 Å². The maximum atomic E-state index is 12.6. The van der Waals surface area contributed by atoms with Crippen LogP contribution in [0.1, 0.15) is 6.92 Å². The Morgan fingerprint density at radius 3 is 2.71 bits per heavy atom. The molecular formula is C9H8Cl2FNO. The van der Waals surface area contributed by atoms with Gasteiger partial charge in [-0.25, -0.2) is 4.39 Å². The fourth-order valence-electron chi connectivity index (χ4n) is 0.823. The van der Waals surface area contributed by atoms with E-state index in [1.807, 2.05) is 0 Å². The van der Waals surface area contributed by atoms with E-state index in [0.717, 1.165) is 6.07 Å². The number of alkyl halides is 1. The van der Waals surface area contributed by atoms with Crippen LogP contribution in [0.4, 0.5) is 10.1 Å². The fourth-order valence-corrected chi connectivity index (χ4v) is 1.09. The van der Waals surface area contributed by atoms with E-state index in [1.165, 1.54) is 19.1 Å². The lowest BCUT2D eigenvalue weighted by Crippen LogP contribution is -2.20. The highest BCUT2D eigenvalue weighted by Crippen LogP contribution is 2.22. The van der Waals surface area contributed by atoms with E-state index in [4.69, 9.17) is 23.2 Å². The number of rotatable bonds is 2. The third-order valence-corrected chi connectivity index (χ3v) is 2.06. The summed E-state index contributed by atoms with van der Waals surface area (Å²) in [6.07, 6.45) is 0. The molecule has 1 amide bonds. The van der Waals surface area contributed by atoms with Gasteiger partial charge in [0.1, 0.15) is 11.2 Å². The van der Waals surface area contributed by atoms with Crippen molar-refractivity contribution in [1.82, 2.24) is 0 Å². The topological polar surface area (TPSA) is 29.1 Å². The predicted octanol–water partition coefficient (Wildman–Crippen LogP) is 3.04. The SMILES string of the molecule is CC(Cl)C(=O)Nc1ccc(F)cc1Cl. The van der Waals surface area contributed by atoms with Crippen LogP contribution in [0.2, 0.25) is 5.02 Å². The second kappa shape index (κ2) is 4.62. The molecule has 0 heterocycles. The van der Waals surface area contributed by atoms with Crippen molar-refractivity contribution in [1.29, 1.82) is 0 Å². The molecule has 0 saturated heterocycles. The largest absolute Gasteiger partial charge is 0.323 e. The molecule has 1 aromatic rings. The van der Waals surface area contributed by atoms with Gasteiger partial charge in [-0.1, -0.05) is 11.6 Å². The molecule has 5 heteroatoms. The Hall–Kier alpha value is -0.800. The van der Waals surface area contributed by atoms with Gasteiger partial charge in [-0.3, -0.25) is 4.79 Å². The fraction of sp³-hybridized carbons (Fsp3) is 0.222. The predicted molar refractivity (Wildman–Crippen MR) is 55.4 cm³/mol. The molecule has 1 N–H and O–H groups in total. The average molecular weight is 236 g/mol. The van der Waals surface area contributed by atoms with Crippen LogP contribution >= 0.6 is 23.2 Å². The zero-order valence-corrected chi connectivity index (χ0v) is 8.86.